The lowest BCUT2D eigenvalue weighted by Crippen LogP contribution is -2.16. The Morgan fingerprint density at radius 1 is 1.36 bits per heavy atom. The Balaban J connectivity index is 2.58. The number of phenolic OH excluding ortho intramolecular Hbond substituents is 1. The summed E-state index contributed by atoms with van der Waals surface area (Å²) in [4.78, 5) is 0. The first-order chi connectivity index (χ1) is 6.61. The molecule has 0 saturated carbocycles. The molecule has 1 aliphatic rings. The van der Waals surface area contributed by atoms with Crippen molar-refractivity contribution in [2.75, 3.05) is 11.9 Å². The van der Waals surface area contributed by atoms with Gasteiger partial charge in [0.2, 0.25) is 0 Å². The zero-order chi connectivity index (χ0) is 10.2. The molecule has 0 saturated heterocycles. The number of rotatable bonds is 0. The van der Waals surface area contributed by atoms with Gasteiger partial charge in [0.1, 0.15) is 5.75 Å². The smallest absolute Gasteiger partial charge is 0.121 e. The third kappa shape index (κ3) is 1.45. The number of phenols is 1. The van der Waals surface area contributed by atoms with Crippen LogP contribution in [0.3, 0.4) is 0 Å². The molecule has 0 unspecified atom stereocenters. The van der Waals surface area contributed by atoms with Crippen molar-refractivity contribution >= 4 is 5.69 Å². The monoisotopic (exact) mass is 191 g/mol. The zero-order valence-electron chi connectivity index (χ0n) is 8.80. The van der Waals surface area contributed by atoms with E-state index in [9.17, 15) is 5.11 Å². The summed E-state index contributed by atoms with van der Waals surface area (Å²) in [6.07, 6.45) is 2.27. The minimum atomic E-state index is 0.0736. The van der Waals surface area contributed by atoms with Gasteiger partial charge in [-0.3, -0.25) is 0 Å². The highest BCUT2D eigenvalue weighted by molar-refractivity contribution is 5.60. The van der Waals surface area contributed by atoms with Gasteiger partial charge in [0, 0.05) is 17.8 Å². The van der Waals surface area contributed by atoms with Gasteiger partial charge in [-0.2, -0.15) is 0 Å². The molecule has 0 fully saturated rings. The van der Waals surface area contributed by atoms with Crippen LogP contribution in [0.15, 0.2) is 18.2 Å². The molecule has 76 valence electrons. The average molecular weight is 191 g/mol. The fraction of sp³-hybridized carbons (Fsp3) is 0.500. The normalized spacial score (nSPS) is 19.3. The fourth-order valence-electron chi connectivity index (χ4n) is 2.28. The number of hydrogen-bond donors (Lipinski definition) is 2. The Morgan fingerprint density at radius 2 is 2.14 bits per heavy atom. The first kappa shape index (κ1) is 9.38. The molecule has 14 heavy (non-hydrogen) atoms. The van der Waals surface area contributed by atoms with Crippen molar-refractivity contribution < 1.29 is 5.11 Å². The van der Waals surface area contributed by atoms with Crippen LogP contribution in [-0.4, -0.2) is 11.7 Å². The minimum absolute atomic E-state index is 0.0736. The summed E-state index contributed by atoms with van der Waals surface area (Å²) in [7, 11) is 0. The van der Waals surface area contributed by atoms with Gasteiger partial charge in [0.05, 0.1) is 0 Å². The second-order valence-electron chi connectivity index (χ2n) is 4.61. The highest BCUT2D eigenvalue weighted by atomic mass is 16.3. The summed E-state index contributed by atoms with van der Waals surface area (Å²) >= 11 is 0. The molecular weight excluding hydrogens is 174 g/mol. The molecule has 2 nitrogen and oxygen atoms in total. The largest absolute Gasteiger partial charge is 0.508 e. The number of anilines is 1. The Labute approximate surface area is 85.0 Å². The molecular formula is C12H17NO. The molecule has 2 rings (SSSR count). The van der Waals surface area contributed by atoms with E-state index in [-0.39, 0.29) is 5.41 Å². The second-order valence-corrected chi connectivity index (χ2v) is 4.61. The Morgan fingerprint density at radius 3 is 2.93 bits per heavy atom. The van der Waals surface area contributed by atoms with E-state index in [2.05, 4.69) is 19.2 Å². The van der Waals surface area contributed by atoms with E-state index in [0.717, 1.165) is 30.6 Å². The molecule has 0 bridgehead atoms. The van der Waals surface area contributed by atoms with Crippen molar-refractivity contribution in [3.63, 3.8) is 0 Å². The molecule has 0 amide bonds. The number of aromatic hydroxyl groups is 1. The lowest BCUT2D eigenvalue weighted by atomic mass is 9.80. The van der Waals surface area contributed by atoms with Crippen LogP contribution in [-0.2, 0) is 5.41 Å². The predicted molar refractivity (Wildman–Crippen MR) is 58.9 cm³/mol. The lowest BCUT2D eigenvalue weighted by molar-refractivity contribution is 0.422. The summed E-state index contributed by atoms with van der Waals surface area (Å²) < 4.78 is 0. The van der Waals surface area contributed by atoms with Crippen LogP contribution in [0.1, 0.15) is 32.3 Å². The third-order valence-corrected chi connectivity index (χ3v) is 3.01. The Bertz CT molecular complexity index is 344. The summed E-state index contributed by atoms with van der Waals surface area (Å²) in [6.45, 7) is 5.39. The highest BCUT2D eigenvalue weighted by Gasteiger charge is 2.28. The molecule has 0 spiro atoms. The molecule has 0 atom stereocenters. The fourth-order valence-corrected chi connectivity index (χ4v) is 2.28. The number of nitrogens with one attached hydrogen (secondary N) is 1. The van der Waals surface area contributed by atoms with Crippen molar-refractivity contribution in [3.8, 4) is 5.75 Å². The lowest BCUT2D eigenvalue weighted by Gasteiger charge is -2.25. The van der Waals surface area contributed by atoms with Gasteiger partial charge in [-0.1, -0.05) is 19.9 Å². The van der Waals surface area contributed by atoms with Crippen LogP contribution in [0.4, 0.5) is 5.69 Å². The van der Waals surface area contributed by atoms with Crippen LogP contribution in [0.5, 0.6) is 5.75 Å². The Hall–Kier alpha value is -1.18. The van der Waals surface area contributed by atoms with Gasteiger partial charge in [0.15, 0.2) is 0 Å². The van der Waals surface area contributed by atoms with E-state index in [0.29, 0.717) is 5.75 Å². The molecule has 0 radical (unpaired) electrons. The van der Waals surface area contributed by atoms with Crippen LogP contribution in [0.25, 0.3) is 0 Å². The molecule has 0 aromatic heterocycles. The summed E-state index contributed by atoms with van der Waals surface area (Å²) in [5.74, 6) is 0.418. The number of benzene rings is 1. The zero-order valence-corrected chi connectivity index (χ0v) is 8.80. The van der Waals surface area contributed by atoms with Gasteiger partial charge in [-0.25, -0.2) is 0 Å². The van der Waals surface area contributed by atoms with E-state index < -0.39 is 0 Å². The van der Waals surface area contributed by atoms with Crippen LogP contribution >= 0.6 is 0 Å². The predicted octanol–water partition coefficient (Wildman–Crippen LogP) is 2.88. The molecule has 1 aliphatic heterocycles. The van der Waals surface area contributed by atoms with Crippen molar-refractivity contribution in [2.24, 2.45) is 0 Å². The summed E-state index contributed by atoms with van der Waals surface area (Å²) in [5.41, 5.74) is 2.23. The SMILES string of the molecule is CC1(C)CCCNc2cccc(O)c21. The maximum absolute atomic E-state index is 9.88. The van der Waals surface area contributed by atoms with Crippen molar-refractivity contribution in [1.29, 1.82) is 0 Å². The van der Waals surface area contributed by atoms with E-state index in [4.69, 9.17) is 0 Å². The molecule has 1 aromatic carbocycles. The number of fused-ring (bicyclic) bond motifs is 1. The van der Waals surface area contributed by atoms with E-state index in [1.165, 1.54) is 0 Å². The van der Waals surface area contributed by atoms with Gasteiger partial charge >= 0.3 is 0 Å². The van der Waals surface area contributed by atoms with Gasteiger partial charge in [-0.05, 0) is 30.4 Å². The maximum atomic E-state index is 9.88. The maximum Gasteiger partial charge on any atom is 0.121 e. The molecule has 2 heteroatoms. The Kier molecular flexibility index (Phi) is 2.14. The van der Waals surface area contributed by atoms with Crippen molar-refractivity contribution in [2.45, 2.75) is 32.1 Å². The topological polar surface area (TPSA) is 32.3 Å². The van der Waals surface area contributed by atoms with Gasteiger partial charge in [0.25, 0.3) is 0 Å². The molecule has 2 N–H and O–H groups in total. The first-order valence-electron chi connectivity index (χ1n) is 5.17. The van der Waals surface area contributed by atoms with Crippen molar-refractivity contribution in [1.82, 2.24) is 0 Å². The molecule has 1 heterocycles. The van der Waals surface area contributed by atoms with E-state index in [1.807, 2.05) is 12.1 Å². The minimum Gasteiger partial charge on any atom is -0.508 e. The standard InChI is InChI=1S/C12H17NO/c1-12(2)7-4-8-13-9-5-3-6-10(14)11(9)12/h3,5-6,13-14H,4,7-8H2,1-2H3. The van der Waals surface area contributed by atoms with Crippen LogP contribution in [0.2, 0.25) is 0 Å². The highest BCUT2D eigenvalue weighted by Crippen LogP contribution is 2.41. The first-order valence-corrected chi connectivity index (χ1v) is 5.17. The quantitative estimate of drug-likeness (QED) is 0.661. The van der Waals surface area contributed by atoms with Crippen molar-refractivity contribution in [3.05, 3.63) is 23.8 Å². The van der Waals surface area contributed by atoms with Crippen LogP contribution < -0.4 is 5.32 Å². The van der Waals surface area contributed by atoms with E-state index >= 15 is 0 Å². The number of hydrogen-bond acceptors (Lipinski definition) is 2. The summed E-state index contributed by atoms with van der Waals surface area (Å²) in [5, 5.41) is 13.2. The molecule has 1 aromatic rings. The van der Waals surface area contributed by atoms with E-state index in [1.54, 1.807) is 6.07 Å². The second kappa shape index (κ2) is 3.19. The van der Waals surface area contributed by atoms with Gasteiger partial charge in [-0.15, -0.1) is 0 Å². The summed E-state index contributed by atoms with van der Waals surface area (Å²) in [6, 6.07) is 5.71. The van der Waals surface area contributed by atoms with Gasteiger partial charge < -0.3 is 10.4 Å². The average Bonchev–Trinajstić information content (AvgIpc) is 2.25. The van der Waals surface area contributed by atoms with Crippen LogP contribution in [0, 0.1) is 0 Å². The molecule has 0 aliphatic carbocycles. The third-order valence-electron chi connectivity index (χ3n) is 3.01.